The van der Waals surface area contributed by atoms with Crippen molar-refractivity contribution in [2.24, 2.45) is 0 Å². The van der Waals surface area contributed by atoms with Gasteiger partial charge in [0, 0.05) is 18.2 Å². The van der Waals surface area contributed by atoms with E-state index in [2.05, 4.69) is 37.5 Å². The predicted octanol–water partition coefficient (Wildman–Crippen LogP) is 5.83. The van der Waals surface area contributed by atoms with Crippen molar-refractivity contribution in [3.05, 3.63) is 60.7 Å². The van der Waals surface area contributed by atoms with Crippen molar-refractivity contribution in [3.63, 3.8) is 0 Å². The van der Waals surface area contributed by atoms with Crippen LogP contribution >= 0.6 is 0 Å². The maximum atomic E-state index is 13.2. The van der Waals surface area contributed by atoms with Crippen LogP contribution in [0.25, 0.3) is 10.8 Å². The van der Waals surface area contributed by atoms with Gasteiger partial charge in [-0.2, -0.15) is 0 Å². The third kappa shape index (κ3) is 4.25. The van der Waals surface area contributed by atoms with Crippen LogP contribution < -0.4 is 0 Å². The second-order valence-corrected chi connectivity index (χ2v) is 6.25. The van der Waals surface area contributed by atoms with Crippen molar-refractivity contribution in [2.75, 3.05) is 6.54 Å². The molecule has 0 bridgehead atoms. The summed E-state index contributed by atoms with van der Waals surface area (Å²) in [5.74, 6) is 0.157. The van der Waals surface area contributed by atoms with Gasteiger partial charge in [0.1, 0.15) is 0 Å². The third-order valence-corrected chi connectivity index (χ3v) is 4.73. The smallest absolute Gasteiger partial charge is 0.254 e. The van der Waals surface area contributed by atoms with Crippen LogP contribution in [-0.2, 0) is 0 Å². The van der Waals surface area contributed by atoms with Crippen LogP contribution in [0.1, 0.15) is 56.3 Å². The Hall–Kier alpha value is -2.09. The Morgan fingerprint density at radius 3 is 2.58 bits per heavy atom. The summed E-state index contributed by atoms with van der Waals surface area (Å²) in [6, 6.07) is 14.4. The zero-order valence-electron chi connectivity index (χ0n) is 15.0. The van der Waals surface area contributed by atoms with E-state index in [1.54, 1.807) is 0 Å². The van der Waals surface area contributed by atoms with Gasteiger partial charge in [-0.3, -0.25) is 4.79 Å². The van der Waals surface area contributed by atoms with Crippen LogP contribution in [0.4, 0.5) is 0 Å². The number of fused-ring (bicyclic) bond motifs is 1. The molecule has 2 heteroatoms. The second kappa shape index (κ2) is 9.27. The maximum absolute atomic E-state index is 13.2. The minimum absolute atomic E-state index is 0.157. The lowest BCUT2D eigenvalue weighted by molar-refractivity contribution is 0.0675. The zero-order chi connectivity index (χ0) is 17.4. The lowest BCUT2D eigenvalue weighted by Gasteiger charge is -2.31. The van der Waals surface area contributed by atoms with Crippen LogP contribution in [0.3, 0.4) is 0 Å². The summed E-state index contributed by atoms with van der Waals surface area (Å²) in [6.45, 7) is 8.79. The molecular formula is C22H29NO. The number of hydrogen-bond donors (Lipinski definition) is 0. The summed E-state index contributed by atoms with van der Waals surface area (Å²) >= 11 is 0. The molecule has 0 N–H and O–H groups in total. The summed E-state index contributed by atoms with van der Waals surface area (Å²) in [7, 11) is 0. The molecule has 24 heavy (non-hydrogen) atoms. The number of carbonyl (C=O) groups is 1. The predicted molar refractivity (Wildman–Crippen MR) is 103 cm³/mol. The minimum atomic E-state index is 0.157. The Morgan fingerprint density at radius 2 is 1.88 bits per heavy atom. The number of nitrogens with zero attached hydrogens (tertiary/aromatic N) is 1. The van der Waals surface area contributed by atoms with Crippen molar-refractivity contribution < 1.29 is 4.79 Å². The van der Waals surface area contributed by atoms with Gasteiger partial charge in [0.05, 0.1) is 0 Å². The second-order valence-electron chi connectivity index (χ2n) is 6.25. The van der Waals surface area contributed by atoms with Gasteiger partial charge in [-0.1, -0.05) is 55.8 Å². The Morgan fingerprint density at radius 1 is 1.12 bits per heavy atom. The average molecular weight is 323 g/mol. The van der Waals surface area contributed by atoms with Crippen LogP contribution in [0, 0.1) is 0 Å². The molecule has 1 unspecified atom stereocenters. The largest absolute Gasteiger partial charge is 0.336 e. The molecule has 2 aromatic rings. The molecule has 0 radical (unpaired) electrons. The fourth-order valence-electron chi connectivity index (χ4n) is 3.38. The van der Waals surface area contributed by atoms with Gasteiger partial charge in [-0.15, -0.1) is 6.58 Å². The molecule has 0 aliphatic rings. The summed E-state index contributed by atoms with van der Waals surface area (Å²) in [5, 5.41) is 2.17. The van der Waals surface area contributed by atoms with E-state index in [1.165, 1.54) is 0 Å². The molecule has 0 saturated heterocycles. The van der Waals surface area contributed by atoms with Gasteiger partial charge in [0.15, 0.2) is 0 Å². The zero-order valence-corrected chi connectivity index (χ0v) is 15.0. The van der Waals surface area contributed by atoms with Crippen molar-refractivity contribution >= 4 is 16.7 Å². The van der Waals surface area contributed by atoms with E-state index in [1.807, 2.05) is 36.4 Å². The average Bonchev–Trinajstić information content (AvgIpc) is 2.63. The van der Waals surface area contributed by atoms with Crippen molar-refractivity contribution in [1.82, 2.24) is 4.90 Å². The van der Waals surface area contributed by atoms with E-state index in [0.29, 0.717) is 6.04 Å². The summed E-state index contributed by atoms with van der Waals surface area (Å²) in [4.78, 5) is 15.2. The SMILES string of the molecule is C=CCCCCC(CC)N(CC)C(=O)c1cccc2ccccc12. The Kier molecular flexibility index (Phi) is 7.05. The lowest BCUT2D eigenvalue weighted by atomic mass is 10.0. The fraction of sp³-hybridized carbons (Fsp3) is 0.409. The van der Waals surface area contributed by atoms with E-state index in [4.69, 9.17) is 0 Å². The first-order chi connectivity index (χ1) is 11.7. The molecule has 0 aliphatic carbocycles. The molecule has 1 atom stereocenters. The van der Waals surface area contributed by atoms with Gasteiger partial charge in [0.25, 0.3) is 5.91 Å². The normalized spacial score (nSPS) is 12.1. The number of allylic oxidation sites excluding steroid dienone is 1. The monoisotopic (exact) mass is 323 g/mol. The Balaban J connectivity index is 2.21. The van der Waals surface area contributed by atoms with E-state index in [-0.39, 0.29) is 5.91 Å². The molecule has 2 rings (SSSR count). The van der Waals surface area contributed by atoms with Gasteiger partial charge in [-0.25, -0.2) is 0 Å². The molecule has 0 heterocycles. The molecule has 0 aromatic heterocycles. The third-order valence-electron chi connectivity index (χ3n) is 4.73. The Labute approximate surface area is 146 Å². The van der Waals surface area contributed by atoms with Gasteiger partial charge < -0.3 is 4.90 Å². The number of unbranched alkanes of at least 4 members (excludes halogenated alkanes) is 2. The highest BCUT2D eigenvalue weighted by molar-refractivity contribution is 6.07. The number of rotatable bonds is 9. The first-order valence-corrected chi connectivity index (χ1v) is 9.12. The minimum Gasteiger partial charge on any atom is -0.336 e. The molecule has 2 aromatic carbocycles. The summed E-state index contributed by atoms with van der Waals surface area (Å²) in [5.41, 5.74) is 0.819. The first kappa shape index (κ1) is 18.3. The van der Waals surface area contributed by atoms with E-state index in [9.17, 15) is 4.79 Å². The van der Waals surface area contributed by atoms with Crippen LogP contribution in [0.5, 0.6) is 0 Å². The standard InChI is InChI=1S/C22H29NO/c1-4-7-8-9-15-19(5-2)23(6-3)22(24)21-17-12-14-18-13-10-11-16-20(18)21/h4,10-14,16-17,19H,1,5-9,15H2,2-3H3. The molecule has 2 nitrogen and oxygen atoms in total. The number of amides is 1. The van der Waals surface area contributed by atoms with Crippen molar-refractivity contribution in [1.29, 1.82) is 0 Å². The summed E-state index contributed by atoms with van der Waals surface area (Å²) < 4.78 is 0. The van der Waals surface area contributed by atoms with Crippen molar-refractivity contribution in [3.8, 4) is 0 Å². The summed E-state index contributed by atoms with van der Waals surface area (Å²) in [6.07, 6.45) is 7.39. The highest BCUT2D eigenvalue weighted by Crippen LogP contribution is 2.23. The van der Waals surface area contributed by atoms with Crippen molar-refractivity contribution in [2.45, 2.75) is 52.0 Å². The first-order valence-electron chi connectivity index (χ1n) is 9.12. The topological polar surface area (TPSA) is 20.3 Å². The number of hydrogen-bond acceptors (Lipinski definition) is 1. The maximum Gasteiger partial charge on any atom is 0.254 e. The van der Waals surface area contributed by atoms with Gasteiger partial charge in [-0.05, 0) is 49.4 Å². The highest BCUT2D eigenvalue weighted by Gasteiger charge is 2.23. The molecule has 128 valence electrons. The Bertz CT molecular complexity index is 671. The lowest BCUT2D eigenvalue weighted by Crippen LogP contribution is -2.40. The van der Waals surface area contributed by atoms with E-state index < -0.39 is 0 Å². The number of benzene rings is 2. The van der Waals surface area contributed by atoms with E-state index >= 15 is 0 Å². The quantitative estimate of drug-likeness (QED) is 0.420. The van der Waals surface area contributed by atoms with Crippen LogP contribution in [0.2, 0.25) is 0 Å². The van der Waals surface area contributed by atoms with Gasteiger partial charge in [0.2, 0.25) is 0 Å². The van der Waals surface area contributed by atoms with Gasteiger partial charge >= 0.3 is 0 Å². The van der Waals surface area contributed by atoms with Crippen LogP contribution in [-0.4, -0.2) is 23.4 Å². The molecule has 0 spiro atoms. The molecule has 0 aliphatic heterocycles. The molecule has 0 fully saturated rings. The molecule has 0 saturated carbocycles. The number of carbonyl (C=O) groups excluding carboxylic acids is 1. The fourth-order valence-corrected chi connectivity index (χ4v) is 3.38. The highest BCUT2D eigenvalue weighted by atomic mass is 16.2. The van der Waals surface area contributed by atoms with Crippen LogP contribution in [0.15, 0.2) is 55.1 Å². The molecular weight excluding hydrogens is 294 g/mol. The molecule has 1 amide bonds. The van der Waals surface area contributed by atoms with E-state index in [0.717, 1.165) is 55.0 Å².